The first-order chi connectivity index (χ1) is 14.8. The lowest BCUT2D eigenvalue weighted by Crippen LogP contribution is -2.46. The number of carbonyl (C=O) groups excluding carboxylic acids is 1. The van der Waals surface area contributed by atoms with Crippen LogP contribution in [-0.4, -0.2) is 28.6 Å². The minimum absolute atomic E-state index is 0.0719. The third-order valence-electron chi connectivity index (χ3n) is 6.24. The number of H-pyrrole nitrogens is 1. The Morgan fingerprint density at radius 1 is 1.13 bits per heavy atom. The number of rotatable bonds is 6. The topological polar surface area (TPSA) is 65.1 Å². The predicted molar refractivity (Wildman–Crippen MR) is 113 cm³/mol. The first kappa shape index (κ1) is 21.4. The number of halogens is 3. The van der Waals surface area contributed by atoms with Crippen molar-refractivity contribution in [3.8, 4) is 11.3 Å². The van der Waals surface area contributed by atoms with Crippen LogP contribution in [0.15, 0.2) is 36.4 Å². The van der Waals surface area contributed by atoms with Gasteiger partial charge >= 0.3 is 0 Å². The smallest absolute Gasteiger partial charge is 0.223 e. The zero-order valence-electron chi connectivity index (χ0n) is 17.4. The van der Waals surface area contributed by atoms with E-state index in [4.69, 9.17) is 0 Å². The maximum Gasteiger partial charge on any atom is 0.223 e. The van der Waals surface area contributed by atoms with Crippen molar-refractivity contribution in [2.24, 2.45) is 11.8 Å². The van der Waals surface area contributed by atoms with Gasteiger partial charge in [-0.3, -0.25) is 4.79 Å². The lowest BCUT2D eigenvalue weighted by atomic mass is 9.69. The zero-order chi connectivity index (χ0) is 22.3. The van der Waals surface area contributed by atoms with Gasteiger partial charge in [0.2, 0.25) is 5.91 Å². The van der Waals surface area contributed by atoms with Crippen molar-refractivity contribution < 1.29 is 23.1 Å². The Balaban J connectivity index is 1.65. The number of nitrogens with one attached hydrogen (secondary N) is 2. The summed E-state index contributed by atoms with van der Waals surface area (Å²) in [6.45, 7) is 3.72. The Kier molecular flexibility index (Phi) is 5.79. The predicted octanol–water partition coefficient (Wildman–Crippen LogP) is 4.88. The normalized spacial score (nSPS) is 19.5. The first-order valence-electron chi connectivity index (χ1n) is 10.5. The monoisotopic (exact) mass is 430 g/mol. The van der Waals surface area contributed by atoms with E-state index >= 15 is 0 Å². The van der Waals surface area contributed by atoms with Crippen LogP contribution in [0.1, 0.15) is 38.2 Å². The Labute approximate surface area is 178 Å². The van der Waals surface area contributed by atoms with E-state index in [-0.39, 0.29) is 47.6 Å². The molecule has 0 spiro atoms. The Hall–Kier alpha value is -2.80. The van der Waals surface area contributed by atoms with Gasteiger partial charge in [0, 0.05) is 17.4 Å². The molecular formula is C24H25F3N2O2. The number of fused-ring (bicyclic) bond motifs is 1. The molecule has 3 aromatic rings. The lowest BCUT2D eigenvalue weighted by molar-refractivity contribution is -0.129. The number of aromatic amines is 1. The average molecular weight is 430 g/mol. The van der Waals surface area contributed by atoms with E-state index in [0.29, 0.717) is 29.5 Å². The van der Waals surface area contributed by atoms with Gasteiger partial charge in [-0.1, -0.05) is 13.8 Å². The van der Waals surface area contributed by atoms with Crippen molar-refractivity contribution >= 4 is 16.8 Å². The van der Waals surface area contributed by atoms with Gasteiger partial charge in [-0.05, 0) is 66.1 Å². The van der Waals surface area contributed by atoms with Crippen LogP contribution in [0.3, 0.4) is 0 Å². The van der Waals surface area contributed by atoms with Crippen LogP contribution in [0.5, 0.6) is 0 Å². The summed E-state index contributed by atoms with van der Waals surface area (Å²) in [6.07, 6.45) is 1.06. The molecule has 0 bridgehead atoms. The highest BCUT2D eigenvalue weighted by molar-refractivity contribution is 5.92. The van der Waals surface area contributed by atoms with Crippen LogP contribution < -0.4 is 5.32 Å². The van der Waals surface area contributed by atoms with E-state index < -0.39 is 11.6 Å². The fourth-order valence-electron chi connectivity index (χ4n) is 4.30. The molecule has 0 saturated heterocycles. The van der Waals surface area contributed by atoms with Crippen LogP contribution >= 0.6 is 0 Å². The van der Waals surface area contributed by atoms with Crippen molar-refractivity contribution in [3.05, 3.63) is 59.4 Å². The number of hydrogen-bond acceptors (Lipinski definition) is 2. The average Bonchev–Trinajstić information content (AvgIpc) is 3.05. The molecule has 1 atom stereocenters. The fourth-order valence-corrected chi connectivity index (χ4v) is 4.30. The van der Waals surface area contributed by atoms with Crippen molar-refractivity contribution in [1.29, 1.82) is 0 Å². The van der Waals surface area contributed by atoms with E-state index in [2.05, 4.69) is 10.3 Å². The molecule has 31 heavy (non-hydrogen) atoms. The lowest BCUT2D eigenvalue weighted by Gasteiger charge is -2.36. The fraction of sp³-hybridized carbons (Fsp3) is 0.375. The molecule has 7 heteroatoms. The van der Waals surface area contributed by atoms with Gasteiger partial charge in [-0.25, -0.2) is 13.2 Å². The number of aromatic nitrogens is 1. The second-order valence-electron chi connectivity index (χ2n) is 8.64. The summed E-state index contributed by atoms with van der Waals surface area (Å²) < 4.78 is 41.9. The molecule has 1 saturated carbocycles. The summed E-state index contributed by atoms with van der Waals surface area (Å²) in [5, 5.41) is 12.8. The van der Waals surface area contributed by atoms with Gasteiger partial charge in [0.05, 0.1) is 23.9 Å². The van der Waals surface area contributed by atoms with Crippen molar-refractivity contribution in [3.63, 3.8) is 0 Å². The molecule has 164 valence electrons. The third kappa shape index (κ3) is 4.06. The van der Waals surface area contributed by atoms with E-state index in [9.17, 15) is 23.1 Å². The first-order valence-corrected chi connectivity index (χ1v) is 10.5. The number of carbonyl (C=O) groups is 1. The molecule has 1 amide bonds. The van der Waals surface area contributed by atoms with Crippen molar-refractivity contribution in [2.75, 3.05) is 6.61 Å². The molecular weight excluding hydrogens is 405 g/mol. The van der Waals surface area contributed by atoms with Crippen molar-refractivity contribution in [1.82, 2.24) is 10.3 Å². The number of benzene rings is 2. The molecule has 0 unspecified atom stereocenters. The molecule has 1 aromatic heterocycles. The number of aliphatic hydroxyl groups is 1. The SMILES string of the molecule is CC(C)[C@@H](CO)NC(=O)[C@H]1C[C@H](c2c(-c3ccc(F)cc3)[nH]c3c(F)cc(F)cc32)C1. The van der Waals surface area contributed by atoms with Crippen molar-refractivity contribution in [2.45, 2.75) is 38.6 Å². The third-order valence-corrected chi connectivity index (χ3v) is 6.24. The Bertz CT molecular complexity index is 1100. The van der Waals surface area contributed by atoms with Gasteiger partial charge in [-0.15, -0.1) is 0 Å². The molecule has 1 aliphatic carbocycles. The molecule has 1 aliphatic rings. The van der Waals surface area contributed by atoms with E-state index in [1.807, 2.05) is 13.8 Å². The van der Waals surface area contributed by atoms with Gasteiger partial charge < -0.3 is 15.4 Å². The molecule has 0 radical (unpaired) electrons. The zero-order valence-corrected chi connectivity index (χ0v) is 17.4. The van der Waals surface area contributed by atoms with Gasteiger partial charge in [-0.2, -0.15) is 0 Å². The maximum absolute atomic E-state index is 14.4. The Morgan fingerprint density at radius 2 is 1.81 bits per heavy atom. The molecule has 2 aromatic carbocycles. The highest BCUT2D eigenvalue weighted by Gasteiger charge is 2.39. The van der Waals surface area contributed by atoms with E-state index in [0.717, 1.165) is 11.6 Å². The van der Waals surface area contributed by atoms with E-state index in [1.165, 1.54) is 18.2 Å². The van der Waals surface area contributed by atoms with Crippen LogP contribution in [-0.2, 0) is 4.79 Å². The highest BCUT2D eigenvalue weighted by atomic mass is 19.1. The summed E-state index contributed by atoms with van der Waals surface area (Å²) in [5.41, 5.74) is 2.22. The number of hydrogen-bond donors (Lipinski definition) is 3. The molecule has 0 aliphatic heterocycles. The summed E-state index contributed by atoms with van der Waals surface area (Å²) in [7, 11) is 0. The molecule has 4 nitrogen and oxygen atoms in total. The Morgan fingerprint density at radius 3 is 2.42 bits per heavy atom. The summed E-state index contributed by atoms with van der Waals surface area (Å²) in [4.78, 5) is 15.6. The quantitative estimate of drug-likeness (QED) is 0.522. The minimum Gasteiger partial charge on any atom is -0.394 e. The minimum atomic E-state index is -0.694. The van der Waals surface area contributed by atoms with Gasteiger partial charge in [0.25, 0.3) is 0 Å². The summed E-state index contributed by atoms with van der Waals surface area (Å²) in [6, 6.07) is 7.64. The van der Waals surface area contributed by atoms with Crippen LogP contribution in [0.25, 0.3) is 22.2 Å². The summed E-state index contributed by atoms with van der Waals surface area (Å²) in [5.74, 6) is -2.07. The van der Waals surface area contributed by atoms with Crippen LogP contribution in [0.2, 0.25) is 0 Å². The van der Waals surface area contributed by atoms with Gasteiger partial charge in [0.15, 0.2) is 0 Å². The number of amides is 1. The van der Waals surface area contributed by atoms with Crippen LogP contribution in [0.4, 0.5) is 13.2 Å². The van der Waals surface area contributed by atoms with E-state index in [1.54, 1.807) is 12.1 Å². The molecule has 4 rings (SSSR count). The molecule has 1 fully saturated rings. The molecule has 1 heterocycles. The standard InChI is InChI=1S/C24H25F3N2O2/c1-12(2)20(11-30)28-24(31)15-7-14(8-15)21-18-9-17(26)10-19(27)23(18)29-22(21)13-3-5-16(25)6-4-13/h3-6,9-10,12,14-15,20,29-30H,7-8,11H2,1-2H3,(H,28,31)/t14-,15-,20-/m1/s1. The second-order valence-corrected chi connectivity index (χ2v) is 8.64. The highest BCUT2D eigenvalue weighted by Crippen LogP contribution is 2.48. The van der Waals surface area contributed by atoms with Gasteiger partial charge in [0.1, 0.15) is 17.5 Å². The number of aliphatic hydroxyl groups excluding tert-OH is 1. The largest absolute Gasteiger partial charge is 0.394 e. The van der Waals surface area contributed by atoms with Crippen LogP contribution in [0, 0.1) is 29.3 Å². The summed E-state index contributed by atoms with van der Waals surface area (Å²) >= 11 is 0. The molecule has 3 N–H and O–H groups in total. The maximum atomic E-state index is 14.4. The second kappa shape index (κ2) is 8.38.